The number of hydrogen-bond acceptors (Lipinski definition) is 4. The molecule has 0 spiro atoms. The summed E-state index contributed by atoms with van der Waals surface area (Å²) in [6, 6.07) is 7.54. The van der Waals surface area contributed by atoms with Crippen molar-refractivity contribution in [2.45, 2.75) is 57.1 Å². The van der Waals surface area contributed by atoms with E-state index in [9.17, 15) is 9.59 Å². The van der Waals surface area contributed by atoms with E-state index in [-0.39, 0.29) is 17.9 Å². The van der Waals surface area contributed by atoms with Crippen LogP contribution in [0.15, 0.2) is 24.3 Å². The van der Waals surface area contributed by atoms with Gasteiger partial charge in [0, 0.05) is 25.5 Å². The number of benzene rings is 1. The topological polar surface area (TPSA) is 55.8 Å². The maximum atomic E-state index is 12.5. The Morgan fingerprint density at radius 3 is 2.68 bits per heavy atom. The third kappa shape index (κ3) is 3.97. The lowest BCUT2D eigenvalue weighted by Crippen LogP contribution is -2.30. The number of ether oxygens (including phenoxy) is 2. The van der Waals surface area contributed by atoms with Crippen LogP contribution in [0, 0.1) is 5.92 Å². The van der Waals surface area contributed by atoms with Gasteiger partial charge < -0.3 is 14.4 Å². The summed E-state index contributed by atoms with van der Waals surface area (Å²) < 4.78 is 10.9. The number of methoxy groups -OCH3 is 1. The summed E-state index contributed by atoms with van der Waals surface area (Å²) in [5.41, 5.74) is 0.949. The molecule has 0 bridgehead atoms. The van der Waals surface area contributed by atoms with Crippen LogP contribution in [0.1, 0.15) is 56.6 Å². The fourth-order valence-corrected chi connectivity index (χ4v) is 4.06. The van der Waals surface area contributed by atoms with E-state index in [4.69, 9.17) is 9.47 Å². The molecule has 2 atom stereocenters. The monoisotopic (exact) mass is 345 g/mol. The van der Waals surface area contributed by atoms with Crippen molar-refractivity contribution in [3.05, 3.63) is 29.8 Å². The minimum atomic E-state index is -0.684. The quantitative estimate of drug-likeness (QED) is 0.741. The minimum Gasteiger partial charge on any atom is -0.496 e. The van der Waals surface area contributed by atoms with Crippen LogP contribution in [0.2, 0.25) is 0 Å². The van der Waals surface area contributed by atoms with Gasteiger partial charge in [0.2, 0.25) is 0 Å². The van der Waals surface area contributed by atoms with E-state index in [1.807, 2.05) is 24.3 Å². The van der Waals surface area contributed by atoms with Gasteiger partial charge in [0.05, 0.1) is 13.2 Å². The first-order valence-electron chi connectivity index (χ1n) is 9.19. The molecule has 1 heterocycles. The predicted molar refractivity (Wildman–Crippen MR) is 94.2 cm³/mol. The first-order chi connectivity index (χ1) is 12.1. The first kappa shape index (κ1) is 17.8. The van der Waals surface area contributed by atoms with E-state index >= 15 is 0 Å². The number of carbonyl (C=O) groups is 2. The molecular formula is C20H27NO4. The molecule has 0 N–H and O–H groups in total. The Labute approximate surface area is 149 Å². The number of likely N-dealkylation sites (N-methyl/N-ethyl adjacent to an activating group) is 1. The van der Waals surface area contributed by atoms with Gasteiger partial charge in [0.25, 0.3) is 5.91 Å². The summed E-state index contributed by atoms with van der Waals surface area (Å²) >= 11 is 0. The maximum absolute atomic E-state index is 12.5. The molecule has 2 aliphatic rings. The van der Waals surface area contributed by atoms with Crippen LogP contribution in [0.25, 0.3) is 0 Å². The molecule has 0 aromatic heterocycles. The molecule has 1 saturated carbocycles. The fourth-order valence-electron chi connectivity index (χ4n) is 4.06. The molecule has 1 aromatic carbocycles. The highest BCUT2D eigenvalue weighted by atomic mass is 16.5. The van der Waals surface area contributed by atoms with Crippen LogP contribution in [-0.4, -0.2) is 37.0 Å². The molecule has 0 radical (unpaired) electrons. The van der Waals surface area contributed by atoms with Crippen molar-refractivity contribution in [1.29, 1.82) is 0 Å². The molecule has 25 heavy (non-hydrogen) atoms. The second-order valence-electron chi connectivity index (χ2n) is 7.11. The van der Waals surface area contributed by atoms with Gasteiger partial charge in [-0.15, -0.1) is 0 Å². The maximum Gasteiger partial charge on any atom is 0.306 e. The molecule has 2 fully saturated rings. The molecule has 136 valence electrons. The highest BCUT2D eigenvalue weighted by Gasteiger charge is 2.41. The van der Waals surface area contributed by atoms with Gasteiger partial charge >= 0.3 is 5.97 Å². The molecule has 1 saturated heterocycles. The molecule has 5 nitrogen and oxygen atoms in total. The molecule has 1 aliphatic carbocycles. The average Bonchev–Trinajstić information content (AvgIpc) is 3.24. The number of likely N-dealkylation sites (tertiary alicyclic amines) is 1. The van der Waals surface area contributed by atoms with Gasteiger partial charge in [0.15, 0.2) is 6.10 Å². The summed E-state index contributed by atoms with van der Waals surface area (Å²) in [5, 5.41) is 0. The average molecular weight is 345 g/mol. The highest BCUT2D eigenvalue weighted by molar-refractivity contribution is 5.86. The third-order valence-electron chi connectivity index (χ3n) is 5.53. The smallest absolute Gasteiger partial charge is 0.306 e. The predicted octanol–water partition coefficient (Wildman–Crippen LogP) is 3.48. The number of esters is 1. The van der Waals surface area contributed by atoms with Crippen molar-refractivity contribution in [3.63, 3.8) is 0 Å². The normalized spacial score (nSPS) is 23.9. The standard InChI is InChI=1S/C20H27NO4/c1-21-16(15-9-5-6-10-17(15)24-2)13-18(20(21)23)25-19(22)12-11-14-7-3-4-8-14/h5-6,9-10,14,16,18H,3-4,7-8,11-13H2,1-2H3/t16-,18-/m0/s1. The Kier molecular flexibility index (Phi) is 5.61. The van der Waals surface area contributed by atoms with Crippen molar-refractivity contribution in [2.24, 2.45) is 5.92 Å². The van der Waals surface area contributed by atoms with Crippen LogP contribution in [0.5, 0.6) is 5.75 Å². The van der Waals surface area contributed by atoms with E-state index < -0.39 is 6.10 Å². The lowest BCUT2D eigenvalue weighted by Gasteiger charge is -2.21. The summed E-state index contributed by atoms with van der Waals surface area (Å²) in [6.45, 7) is 0. The second-order valence-corrected chi connectivity index (χ2v) is 7.11. The first-order valence-corrected chi connectivity index (χ1v) is 9.19. The van der Waals surface area contributed by atoms with Crippen LogP contribution < -0.4 is 4.74 Å². The Hall–Kier alpha value is -2.04. The molecule has 3 rings (SSSR count). The van der Waals surface area contributed by atoms with E-state index in [1.165, 1.54) is 25.7 Å². The lowest BCUT2D eigenvalue weighted by molar-refractivity contribution is -0.156. The van der Waals surface area contributed by atoms with Gasteiger partial charge in [-0.05, 0) is 18.4 Å². The number of para-hydroxylation sites is 1. The van der Waals surface area contributed by atoms with Crippen LogP contribution in [0.4, 0.5) is 0 Å². The Morgan fingerprint density at radius 2 is 1.96 bits per heavy atom. The highest BCUT2D eigenvalue weighted by Crippen LogP contribution is 2.38. The largest absolute Gasteiger partial charge is 0.496 e. The van der Waals surface area contributed by atoms with Crippen molar-refractivity contribution < 1.29 is 19.1 Å². The fraction of sp³-hybridized carbons (Fsp3) is 0.600. The van der Waals surface area contributed by atoms with E-state index in [1.54, 1.807) is 19.1 Å². The summed E-state index contributed by atoms with van der Waals surface area (Å²) in [7, 11) is 3.38. The molecular weight excluding hydrogens is 318 g/mol. The number of carbonyl (C=O) groups excluding carboxylic acids is 2. The molecule has 1 aliphatic heterocycles. The molecule has 1 aromatic rings. The van der Waals surface area contributed by atoms with Gasteiger partial charge in [-0.25, -0.2) is 0 Å². The van der Waals surface area contributed by atoms with Crippen LogP contribution in [-0.2, 0) is 14.3 Å². The van der Waals surface area contributed by atoms with Crippen LogP contribution in [0.3, 0.4) is 0 Å². The van der Waals surface area contributed by atoms with Crippen molar-refractivity contribution in [2.75, 3.05) is 14.2 Å². The molecule has 5 heteroatoms. The van der Waals surface area contributed by atoms with Crippen molar-refractivity contribution in [3.8, 4) is 5.75 Å². The van der Waals surface area contributed by atoms with Gasteiger partial charge in [-0.2, -0.15) is 0 Å². The van der Waals surface area contributed by atoms with Gasteiger partial charge in [0.1, 0.15) is 5.75 Å². The summed E-state index contributed by atoms with van der Waals surface area (Å²) in [6.07, 6.45) is 6.06. The summed E-state index contributed by atoms with van der Waals surface area (Å²) in [4.78, 5) is 26.3. The molecule has 0 unspecified atom stereocenters. The van der Waals surface area contributed by atoms with Gasteiger partial charge in [-0.1, -0.05) is 43.9 Å². The van der Waals surface area contributed by atoms with Crippen LogP contribution >= 0.6 is 0 Å². The Morgan fingerprint density at radius 1 is 1.24 bits per heavy atom. The van der Waals surface area contributed by atoms with E-state index in [2.05, 4.69) is 0 Å². The minimum absolute atomic E-state index is 0.128. The van der Waals surface area contributed by atoms with E-state index in [0.29, 0.717) is 18.8 Å². The van der Waals surface area contributed by atoms with Crippen molar-refractivity contribution >= 4 is 11.9 Å². The zero-order chi connectivity index (χ0) is 17.8. The van der Waals surface area contributed by atoms with E-state index in [0.717, 1.165) is 17.7 Å². The lowest BCUT2D eigenvalue weighted by atomic mass is 10.0. The Balaban J connectivity index is 1.59. The number of hydrogen-bond donors (Lipinski definition) is 0. The number of nitrogens with zero attached hydrogens (tertiary/aromatic N) is 1. The molecule has 1 amide bonds. The summed E-state index contributed by atoms with van der Waals surface area (Å²) in [5.74, 6) is 1.01. The number of rotatable bonds is 6. The zero-order valence-corrected chi connectivity index (χ0v) is 15.1. The SMILES string of the molecule is COc1ccccc1[C@@H]1C[C@H](OC(=O)CCC2CCCC2)C(=O)N1C. The zero-order valence-electron chi connectivity index (χ0n) is 15.1. The van der Waals surface area contributed by atoms with Crippen molar-refractivity contribution in [1.82, 2.24) is 4.90 Å². The van der Waals surface area contributed by atoms with Gasteiger partial charge in [-0.3, -0.25) is 9.59 Å². The number of amides is 1. The third-order valence-corrected chi connectivity index (χ3v) is 5.53. The Bertz CT molecular complexity index is 624. The second kappa shape index (κ2) is 7.89.